The predicted molar refractivity (Wildman–Crippen MR) is 133 cm³/mol. The Kier molecular flexibility index (Phi) is 8.00. The van der Waals surface area contributed by atoms with Gasteiger partial charge in [0, 0.05) is 18.7 Å². The molecular formula is C24H29ClFN5O6. The predicted octanol–water partition coefficient (Wildman–Crippen LogP) is 1.94. The van der Waals surface area contributed by atoms with Crippen LogP contribution in [0.4, 0.5) is 20.8 Å². The fraction of sp³-hybridized carbons (Fsp3) is 0.500. The van der Waals surface area contributed by atoms with Crippen molar-refractivity contribution in [1.29, 1.82) is 0 Å². The molecule has 3 unspecified atom stereocenters. The maximum absolute atomic E-state index is 14.7. The summed E-state index contributed by atoms with van der Waals surface area (Å²) in [6, 6.07) is 3.33. The highest BCUT2D eigenvalue weighted by molar-refractivity contribution is 5.94. The third-order valence-electron chi connectivity index (χ3n) is 6.55. The van der Waals surface area contributed by atoms with E-state index in [1.807, 2.05) is 13.1 Å². The number of carbonyl (C=O) groups is 2. The third-order valence-corrected chi connectivity index (χ3v) is 6.55. The minimum absolute atomic E-state index is 0. The van der Waals surface area contributed by atoms with Gasteiger partial charge in [-0.1, -0.05) is 0 Å². The van der Waals surface area contributed by atoms with Gasteiger partial charge in [-0.3, -0.25) is 9.69 Å². The Morgan fingerprint density at radius 2 is 2.16 bits per heavy atom. The van der Waals surface area contributed by atoms with E-state index >= 15 is 0 Å². The molecule has 5 rings (SSSR count). The third kappa shape index (κ3) is 5.86. The van der Waals surface area contributed by atoms with Crippen molar-refractivity contribution in [3.63, 3.8) is 0 Å². The van der Waals surface area contributed by atoms with E-state index in [-0.39, 0.29) is 67.0 Å². The zero-order chi connectivity index (χ0) is 25.4. The van der Waals surface area contributed by atoms with Crippen LogP contribution in [-0.4, -0.2) is 83.6 Å². The summed E-state index contributed by atoms with van der Waals surface area (Å²) in [6.45, 7) is 2.55. The fourth-order valence-electron chi connectivity index (χ4n) is 4.63. The quantitative estimate of drug-likeness (QED) is 0.519. The minimum atomic E-state index is -0.630. The lowest BCUT2D eigenvalue weighted by molar-refractivity contribution is -0.118. The number of hydrogen-bond acceptors (Lipinski definition) is 9. The second-order valence-electron chi connectivity index (χ2n) is 9.37. The Balaban J connectivity index is 0.00000320. The summed E-state index contributed by atoms with van der Waals surface area (Å²) in [5, 5.41) is 12.0. The lowest BCUT2D eigenvalue weighted by Crippen LogP contribution is -2.35. The summed E-state index contributed by atoms with van der Waals surface area (Å²) in [5.74, 6) is 0.445. The van der Waals surface area contributed by atoms with Crippen LogP contribution in [0.1, 0.15) is 24.5 Å². The summed E-state index contributed by atoms with van der Waals surface area (Å²) in [4.78, 5) is 36.0. The molecular weight excluding hydrogens is 509 g/mol. The van der Waals surface area contributed by atoms with Gasteiger partial charge in [0.05, 0.1) is 18.8 Å². The van der Waals surface area contributed by atoms with Gasteiger partial charge in [0.2, 0.25) is 0 Å². The molecule has 1 aromatic heterocycles. The maximum Gasteiger partial charge on any atom is 0.415 e. The number of ether oxygens (including phenoxy) is 3. The SMILES string of the molecule is CC(O)COc1cc(F)c2c(c1)CC(N(C)CCC1CN(c3cnc4c(n3)NC(=O)CO4)C(=O)O1)C2.Cl. The highest BCUT2D eigenvalue weighted by atomic mass is 35.5. The zero-order valence-corrected chi connectivity index (χ0v) is 21.3. The maximum atomic E-state index is 14.7. The van der Waals surface area contributed by atoms with Crippen LogP contribution < -0.4 is 19.7 Å². The Morgan fingerprint density at radius 3 is 2.95 bits per heavy atom. The summed E-state index contributed by atoms with van der Waals surface area (Å²) >= 11 is 0. The average Bonchev–Trinajstić information content (AvgIpc) is 3.44. The topological polar surface area (TPSA) is 126 Å². The zero-order valence-electron chi connectivity index (χ0n) is 20.5. The minimum Gasteiger partial charge on any atom is -0.491 e. The van der Waals surface area contributed by atoms with E-state index in [9.17, 15) is 19.1 Å². The molecule has 200 valence electrons. The van der Waals surface area contributed by atoms with Gasteiger partial charge in [0.15, 0.2) is 18.2 Å². The fourth-order valence-corrected chi connectivity index (χ4v) is 4.63. The Morgan fingerprint density at radius 1 is 1.35 bits per heavy atom. The number of likely N-dealkylation sites (N-methyl/N-ethyl adjacent to an activating group) is 1. The largest absolute Gasteiger partial charge is 0.491 e. The lowest BCUT2D eigenvalue weighted by atomic mass is 10.1. The molecule has 1 fully saturated rings. The number of amides is 2. The number of halogens is 2. The number of rotatable bonds is 8. The van der Waals surface area contributed by atoms with Crippen molar-refractivity contribution in [2.75, 3.05) is 43.6 Å². The number of hydrogen-bond donors (Lipinski definition) is 2. The van der Waals surface area contributed by atoms with E-state index in [1.165, 1.54) is 17.2 Å². The molecule has 2 aliphatic heterocycles. The van der Waals surface area contributed by atoms with Gasteiger partial charge in [-0.15, -0.1) is 12.4 Å². The number of carbonyl (C=O) groups excluding carboxylic acids is 2. The van der Waals surface area contributed by atoms with Crippen LogP contribution in [0.3, 0.4) is 0 Å². The summed E-state index contributed by atoms with van der Waals surface area (Å²) in [5.41, 5.74) is 1.60. The highest BCUT2D eigenvalue weighted by Crippen LogP contribution is 2.32. The van der Waals surface area contributed by atoms with Crippen LogP contribution in [0.15, 0.2) is 18.3 Å². The molecule has 0 spiro atoms. The molecule has 1 aliphatic carbocycles. The summed E-state index contributed by atoms with van der Waals surface area (Å²) in [7, 11) is 1.98. The molecule has 3 aliphatic rings. The van der Waals surface area contributed by atoms with Crippen LogP contribution >= 0.6 is 12.4 Å². The number of cyclic esters (lactones) is 1. The van der Waals surface area contributed by atoms with Crippen molar-refractivity contribution in [3.05, 3.63) is 35.3 Å². The van der Waals surface area contributed by atoms with Crippen LogP contribution in [0, 0.1) is 5.82 Å². The van der Waals surface area contributed by atoms with Gasteiger partial charge in [-0.25, -0.2) is 19.2 Å². The van der Waals surface area contributed by atoms with Crippen molar-refractivity contribution in [2.45, 2.75) is 44.4 Å². The Hall–Kier alpha value is -3.22. The normalized spacial score (nSPS) is 20.9. The number of aliphatic hydroxyl groups is 1. The first-order chi connectivity index (χ1) is 17.3. The van der Waals surface area contributed by atoms with Crippen LogP contribution in [0.5, 0.6) is 11.6 Å². The molecule has 2 N–H and O–H groups in total. The second kappa shape index (κ2) is 11.0. The van der Waals surface area contributed by atoms with Gasteiger partial charge < -0.3 is 29.5 Å². The van der Waals surface area contributed by atoms with Crippen molar-refractivity contribution in [3.8, 4) is 11.6 Å². The number of fused-ring (bicyclic) bond motifs is 2. The average molecular weight is 538 g/mol. The van der Waals surface area contributed by atoms with Crippen molar-refractivity contribution >= 4 is 36.0 Å². The number of anilines is 2. The van der Waals surface area contributed by atoms with Gasteiger partial charge >= 0.3 is 6.09 Å². The molecule has 1 aromatic carbocycles. The number of nitrogens with one attached hydrogen (secondary N) is 1. The van der Waals surface area contributed by atoms with Gasteiger partial charge in [-0.05, 0) is 50.4 Å². The van der Waals surface area contributed by atoms with E-state index < -0.39 is 12.2 Å². The van der Waals surface area contributed by atoms with Crippen LogP contribution in [0.2, 0.25) is 0 Å². The number of aliphatic hydroxyl groups excluding tert-OH is 1. The van der Waals surface area contributed by atoms with E-state index in [2.05, 4.69) is 20.2 Å². The van der Waals surface area contributed by atoms with Crippen molar-refractivity contribution in [2.24, 2.45) is 0 Å². The second-order valence-corrected chi connectivity index (χ2v) is 9.37. The van der Waals surface area contributed by atoms with E-state index in [4.69, 9.17) is 14.2 Å². The van der Waals surface area contributed by atoms with Crippen molar-refractivity contribution < 1.29 is 33.3 Å². The number of benzene rings is 1. The summed E-state index contributed by atoms with van der Waals surface area (Å²) in [6.07, 6.45) is 1.78. The molecule has 3 atom stereocenters. The molecule has 0 radical (unpaired) electrons. The molecule has 2 aromatic rings. The molecule has 11 nitrogen and oxygen atoms in total. The first-order valence-electron chi connectivity index (χ1n) is 11.9. The van der Waals surface area contributed by atoms with E-state index in [1.54, 1.807) is 6.92 Å². The van der Waals surface area contributed by atoms with Crippen LogP contribution in [0.25, 0.3) is 0 Å². The smallest absolute Gasteiger partial charge is 0.415 e. The monoisotopic (exact) mass is 537 g/mol. The van der Waals surface area contributed by atoms with Gasteiger partial charge in [0.1, 0.15) is 24.3 Å². The Bertz CT molecular complexity index is 1180. The molecule has 1 saturated heterocycles. The molecule has 3 heterocycles. The van der Waals surface area contributed by atoms with E-state index in [0.717, 1.165) is 5.56 Å². The van der Waals surface area contributed by atoms with Gasteiger partial charge in [-0.2, -0.15) is 0 Å². The summed E-state index contributed by atoms with van der Waals surface area (Å²) < 4.78 is 30.9. The Labute approximate surface area is 219 Å². The highest BCUT2D eigenvalue weighted by Gasteiger charge is 2.35. The first-order valence-corrected chi connectivity index (χ1v) is 11.9. The number of nitrogens with zero attached hydrogens (tertiary/aromatic N) is 4. The first kappa shape index (κ1) is 26.8. The standard InChI is InChI=1S/C24H28FN5O6.ClH/c1-13(31)11-34-17-6-14-5-15(7-18(14)19(25)8-17)29(2)4-3-16-10-30(24(33)36-16)20-9-26-23-22(27-20)28-21(32)12-35-23;/h6,8-9,13,15-16,31H,3-5,7,10-12H2,1-2H3,(H,27,28,32);1H. The van der Waals surface area contributed by atoms with Crippen LogP contribution in [-0.2, 0) is 22.4 Å². The number of aromatic nitrogens is 2. The van der Waals surface area contributed by atoms with E-state index in [0.29, 0.717) is 43.7 Å². The molecule has 37 heavy (non-hydrogen) atoms. The molecule has 0 saturated carbocycles. The molecule has 0 bridgehead atoms. The van der Waals surface area contributed by atoms with Crippen molar-refractivity contribution in [1.82, 2.24) is 14.9 Å². The van der Waals surface area contributed by atoms with Gasteiger partial charge in [0.25, 0.3) is 11.8 Å². The lowest BCUT2D eigenvalue weighted by Gasteiger charge is -2.25. The molecule has 2 amide bonds. The molecule has 13 heteroatoms.